The molecular weight excluding hydrogens is 268 g/mol. The third-order valence-corrected chi connectivity index (χ3v) is 3.10. The summed E-state index contributed by atoms with van der Waals surface area (Å²) in [6.07, 6.45) is 1.24. The molecule has 0 saturated carbocycles. The van der Waals surface area contributed by atoms with Crippen LogP contribution in [0.4, 0.5) is 0 Å². The average molecular weight is 282 g/mol. The fourth-order valence-corrected chi connectivity index (χ4v) is 2.06. The van der Waals surface area contributed by atoms with Crippen LogP contribution >= 0.6 is 0 Å². The number of aromatic amines is 1. The fourth-order valence-electron chi connectivity index (χ4n) is 2.06. The Hall–Kier alpha value is -2.82. The van der Waals surface area contributed by atoms with E-state index in [4.69, 9.17) is 9.47 Å². The molecule has 0 radical (unpaired) electrons. The van der Waals surface area contributed by atoms with E-state index in [9.17, 15) is 4.79 Å². The minimum Gasteiger partial charge on any atom is -0.493 e. The molecular formula is C16H14N2O3. The number of methoxy groups -OCH3 is 1. The number of nitrogens with zero attached hydrogens (tertiary/aromatic N) is 1. The van der Waals surface area contributed by atoms with Crippen molar-refractivity contribution in [1.29, 1.82) is 0 Å². The molecule has 1 N–H and O–H groups in total. The summed E-state index contributed by atoms with van der Waals surface area (Å²) in [4.78, 5) is 18.1. The Morgan fingerprint density at radius 2 is 1.95 bits per heavy atom. The lowest BCUT2D eigenvalue weighted by Crippen LogP contribution is -2.05. The van der Waals surface area contributed by atoms with E-state index in [0.717, 1.165) is 5.56 Å². The molecule has 0 unspecified atom stereocenters. The van der Waals surface area contributed by atoms with E-state index in [1.165, 1.54) is 6.20 Å². The first-order chi connectivity index (χ1) is 10.3. The van der Waals surface area contributed by atoms with Gasteiger partial charge in [0.15, 0.2) is 11.5 Å². The molecule has 0 atom stereocenters. The van der Waals surface area contributed by atoms with Gasteiger partial charge in [0.05, 0.1) is 24.3 Å². The Balaban J connectivity index is 1.94. The van der Waals surface area contributed by atoms with Gasteiger partial charge < -0.3 is 14.5 Å². The quantitative estimate of drug-likeness (QED) is 0.798. The number of fused-ring (bicyclic) bond motifs is 1. The molecule has 5 heteroatoms. The molecule has 0 saturated heterocycles. The summed E-state index contributed by atoms with van der Waals surface area (Å²) in [5.41, 5.74) is 2.07. The Morgan fingerprint density at radius 1 is 1.14 bits per heavy atom. The number of rotatable bonds is 4. The van der Waals surface area contributed by atoms with Gasteiger partial charge in [-0.2, -0.15) is 0 Å². The highest BCUT2D eigenvalue weighted by Crippen LogP contribution is 2.30. The number of ether oxygens (including phenoxy) is 2. The van der Waals surface area contributed by atoms with Crippen LogP contribution in [-0.4, -0.2) is 17.1 Å². The van der Waals surface area contributed by atoms with Crippen molar-refractivity contribution in [2.24, 2.45) is 0 Å². The van der Waals surface area contributed by atoms with Gasteiger partial charge >= 0.3 is 0 Å². The minimum atomic E-state index is -0.248. The Morgan fingerprint density at radius 3 is 2.71 bits per heavy atom. The molecule has 1 heterocycles. The van der Waals surface area contributed by atoms with E-state index in [-0.39, 0.29) is 5.56 Å². The summed E-state index contributed by atoms with van der Waals surface area (Å²) in [5.74, 6) is 1.15. The lowest BCUT2D eigenvalue weighted by atomic mass is 10.2. The van der Waals surface area contributed by atoms with Crippen LogP contribution in [0, 0.1) is 0 Å². The maximum atomic E-state index is 11.3. The van der Waals surface area contributed by atoms with Crippen molar-refractivity contribution in [1.82, 2.24) is 9.97 Å². The summed E-state index contributed by atoms with van der Waals surface area (Å²) in [6.45, 7) is 0.424. The second-order valence-electron chi connectivity index (χ2n) is 4.54. The van der Waals surface area contributed by atoms with Crippen LogP contribution in [0.25, 0.3) is 11.0 Å². The van der Waals surface area contributed by atoms with E-state index >= 15 is 0 Å². The summed E-state index contributed by atoms with van der Waals surface area (Å²) in [7, 11) is 1.57. The van der Waals surface area contributed by atoms with E-state index < -0.39 is 0 Å². The van der Waals surface area contributed by atoms with Gasteiger partial charge in [-0.3, -0.25) is 4.79 Å². The smallest absolute Gasteiger partial charge is 0.266 e. The number of hydrogen-bond acceptors (Lipinski definition) is 4. The lowest BCUT2D eigenvalue weighted by Gasteiger charge is -2.11. The van der Waals surface area contributed by atoms with Crippen molar-refractivity contribution in [2.45, 2.75) is 6.61 Å². The third kappa shape index (κ3) is 2.86. The van der Waals surface area contributed by atoms with Crippen molar-refractivity contribution in [3.8, 4) is 11.5 Å². The molecule has 2 aromatic carbocycles. The highest BCUT2D eigenvalue weighted by molar-refractivity contribution is 5.78. The topological polar surface area (TPSA) is 64.2 Å². The zero-order valence-electron chi connectivity index (χ0n) is 11.5. The molecule has 3 aromatic rings. The molecule has 0 aliphatic heterocycles. The highest BCUT2D eigenvalue weighted by atomic mass is 16.5. The predicted octanol–water partition coefficient (Wildman–Crippen LogP) is 2.51. The van der Waals surface area contributed by atoms with E-state index in [0.29, 0.717) is 29.1 Å². The first-order valence-electron chi connectivity index (χ1n) is 6.50. The monoisotopic (exact) mass is 282 g/mol. The summed E-state index contributed by atoms with van der Waals surface area (Å²) < 4.78 is 11.1. The fraction of sp³-hybridized carbons (Fsp3) is 0.125. The summed E-state index contributed by atoms with van der Waals surface area (Å²) >= 11 is 0. The van der Waals surface area contributed by atoms with Crippen molar-refractivity contribution in [2.75, 3.05) is 7.11 Å². The molecule has 0 spiro atoms. The Kier molecular flexibility index (Phi) is 3.55. The van der Waals surface area contributed by atoms with Crippen molar-refractivity contribution in [3.63, 3.8) is 0 Å². The maximum absolute atomic E-state index is 11.3. The summed E-state index contributed by atoms with van der Waals surface area (Å²) in [5, 5.41) is 0. The van der Waals surface area contributed by atoms with E-state index in [1.54, 1.807) is 19.2 Å². The average Bonchev–Trinajstić information content (AvgIpc) is 2.53. The van der Waals surface area contributed by atoms with Gasteiger partial charge in [0.1, 0.15) is 6.61 Å². The SMILES string of the molecule is COc1cc2ncc(=O)[nH]c2cc1OCc1ccccc1. The van der Waals surface area contributed by atoms with Crippen LogP contribution in [0.3, 0.4) is 0 Å². The Bertz CT molecular complexity index is 813. The van der Waals surface area contributed by atoms with Gasteiger partial charge in [-0.15, -0.1) is 0 Å². The van der Waals surface area contributed by atoms with Crippen LogP contribution in [0.1, 0.15) is 5.56 Å². The minimum absolute atomic E-state index is 0.248. The van der Waals surface area contributed by atoms with Crippen molar-refractivity contribution in [3.05, 3.63) is 64.6 Å². The van der Waals surface area contributed by atoms with Gasteiger partial charge in [-0.05, 0) is 5.56 Å². The van der Waals surface area contributed by atoms with Gasteiger partial charge in [-0.1, -0.05) is 30.3 Å². The largest absolute Gasteiger partial charge is 0.493 e. The van der Waals surface area contributed by atoms with Gasteiger partial charge in [0.25, 0.3) is 5.56 Å². The van der Waals surface area contributed by atoms with Crippen LogP contribution in [0.2, 0.25) is 0 Å². The van der Waals surface area contributed by atoms with Crippen molar-refractivity contribution >= 4 is 11.0 Å². The standard InChI is InChI=1S/C16H14N2O3/c1-20-14-7-12-13(18-16(19)9-17-12)8-15(14)21-10-11-5-3-2-4-6-11/h2-9H,10H2,1H3,(H,18,19). The number of aromatic nitrogens is 2. The molecule has 5 nitrogen and oxygen atoms in total. The zero-order valence-corrected chi connectivity index (χ0v) is 11.5. The van der Waals surface area contributed by atoms with Crippen LogP contribution in [0.15, 0.2) is 53.5 Å². The van der Waals surface area contributed by atoms with Gasteiger partial charge in [0.2, 0.25) is 0 Å². The predicted molar refractivity (Wildman–Crippen MR) is 79.7 cm³/mol. The first kappa shape index (κ1) is 13.2. The highest BCUT2D eigenvalue weighted by Gasteiger charge is 2.08. The normalized spacial score (nSPS) is 10.5. The van der Waals surface area contributed by atoms with Crippen molar-refractivity contribution < 1.29 is 9.47 Å². The van der Waals surface area contributed by atoms with Gasteiger partial charge in [0, 0.05) is 12.1 Å². The van der Waals surface area contributed by atoms with Crippen LogP contribution in [-0.2, 0) is 6.61 Å². The second-order valence-corrected chi connectivity index (χ2v) is 4.54. The molecule has 1 aromatic heterocycles. The third-order valence-electron chi connectivity index (χ3n) is 3.10. The molecule has 0 bridgehead atoms. The van der Waals surface area contributed by atoms with E-state index in [1.807, 2.05) is 30.3 Å². The van der Waals surface area contributed by atoms with Gasteiger partial charge in [-0.25, -0.2) is 4.98 Å². The number of H-pyrrole nitrogens is 1. The maximum Gasteiger partial charge on any atom is 0.266 e. The zero-order chi connectivity index (χ0) is 14.7. The van der Waals surface area contributed by atoms with E-state index in [2.05, 4.69) is 9.97 Å². The molecule has 0 aliphatic carbocycles. The molecule has 106 valence electrons. The van der Waals surface area contributed by atoms with Crippen LogP contribution in [0.5, 0.6) is 11.5 Å². The second kappa shape index (κ2) is 5.66. The molecule has 0 fully saturated rings. The lowest BCUT2D eigenvalue weighted by molar-refractivity contribution is 0.285. The number of nitrogens with one attached hydrogen (secondary N) is 1. The molecule has 3 rings (SSSR count). The van der Waals surface area contributed by atoms with Crippen LogP contribution < -0.4 is 15.0 Å². The number of benzene rings is 2. The summed E-state index contributed by atoms with van der Waals surface area (Å²) in [6, 6.07) is 13.3. The number of hydrogen-bond donors (Lipinski definition) is 1. The molecule has 21 heavy (non-hydrogen) atoms. The molecule has 0 amide bonds. The Labute approximate surface area is 121 Å². The molecule has 0 aliphatic rings. The first-order valence-corrected chi connectivity index (χ1v) is 6.50.